The second kappa shape index (κ2) is 12.6. The fourth-order valence-electron chi connectivity index (χ4n) is 8.48. The van der Waals surface area contributed by atoms with E-state index in [0.717, 1.165) is 50.4 Å². The summed E-state index contributed by atoms with van der Waals surface area (Å²) in [5.41, 5.74) is 9.80. The molecule has 0 aliphatic carbocycles. The first-order chi connectivity index (χ1) is 27.3. The molecule has 11 aromatic rings. The van der Waals surface area contributed by atoms with E-state index in [1.807, 2.05) is 0 Å². The first-order valence-electron chi connectivity index (χ1n) is 18.7. The molecule has 0 radical (unpaired) electrons. The summed E-state index contributed by atoms with van der Waals surface area (Å²) in [6, 6.07) is 71.5. The van der Waals surface area contributed by atoms with Crippen molar-refractivity contribution >= 4 is 54.1 Å². The van der Waals surface area contributed by atoms with Gasteiger partial charge < -0.3 is 0 Å². The van der Waals surface area contributed by atoms with Crippen molar-refractivity contribution in [1.29, 1.82) is 0 Å². The normalized spacial score (nSPS) is 11.6. The molecule has 2 heterocycles. The van der Waals surface area contributed by atoms with E-state index in [1.54, 1.807) is 0 Å². The largest absolute Gasteiger partial charge is 0.294 e. The Bertz CT molecular complexity index is 3200. The molecule has 0 aliphatic heterocycles. The molecule has 3 nitrogen and oxygen atoms in total. The highest BCUT2D eigenvalue weighted by Gasteiger charge is 2.19. The Hall–Kier alpha value is -7.36. The van der Waals surface area contributed by atoms with Gasteiger partial charge in [0.2, 0.25) is 0 Å². The van der Waals surface area contributed by atoms with Crippen LogP contribution in [-0.4, -0.2) is 14.5 Å². The van der Waals surface area contributed by atoms with E-state index in [-0.39, 0.29) is 0 Å². The van der Waals surface area contributed by atoms with Gasteiger partial charge in [-0.1, -0.05) is 176 Å². The second-order valence-electron chi connectivity index (χ2n) is 14.1. The molecule has 2 aromatic heterocycles. The third-order valence-corrected chi connectivity index (χ3v) is 11.0. The summed E-state index contributed by atoms with van der Waals surface area (Å²) in [7, 11) is 0. The van der Waals surface area contributed by atoms with Gasteiger partial charge in [0.15, 0.2) is 5.82 Å². The van der Waals surface area contributed by atoms with Crippen molar-refractivity contribution in [3.05, 3.63) is 200 Å². The van der Waals surface area contributed by atoms with Gasteiger partial charge >= 0.3 is 0 Å². The minimum atomic E-state index is 0.678. The van der Waals surface area contributed by atoms with Gasteiger partial charge in [0.25, 0.3) is 0 Å². The van der Waals surface area contributed by atoms with Crippen LogP contribution in [0.15, 0.2) is 200 Å². The maximum absolute atomic E-state index is 5.36. The van der Waals surface area contributed by atoms with Crippen LogP contribution in [0.5, 0.6) is 0 Å². The summed E-state index contributed by atoms with van der Waals surface area (Å²) >= 11 is 0. The molecule has 9 aromatic carbocycles. The van der Waals surface area contributed by atoms with E-state index >= 15 is 0 Å². The van der Waals surface area contributed by atoms with Crippen LogP contribution in [-0.2, 0) is 0 Å². The van der Waals surface area contributed by atoms with Gasteiger partial charge in [0.1, 0.15) is 5.82 Å². The summed E-state index contributed by atoms with van der Waals surface area (Å²) < 4.78 is 2.28. The van der Waals surface area contributed by atoms with E-state index in [4.69, 9.17) is 9.97 Å². The molecule has 0 aliphatic rings. The Balaban J connectivity index is 1.13. The van der Waals surface area contributed by atoms with E-state index in [0.29, 0.717) is 5.82 Å². The first-order valence-corrected chi connectivity index (χ1v) is 18.7. The average molecular weight is 700 g/mol. The quantitative estimate of drug-likeness (QED) is 0.132. The van der Waals surface area contributed by atoms with Crippen molar-refractivity contribution in [3.8, 4) is 50.7 Å². The molecule has 3 heteroatoms. The highest BCUT2D eigenvalue weighted by molar-refractivity contribution is 6.20. The SMILES string of the molecule is c1ccc(-c2ccccc2-c2cc(-n3c4ccccc4c4ccccc43)nc(-c3ccc(-c4c5ccccc5cc5c4ccc4ccccc45)cc3)n2)cc1. The van der Waals surface area contributed by atoms with E-state index in [2.05, 4.69) is 205 Å². The molecule has 0 saturated heterocycles. The van der Waals surface area contributed by atoms with Crippen LogP contribution < -0.4 is 0 Å². The van der Waals surface area contributed by atoms with Crippen molar-refractivity contribution in [1.82, 2.24) is 14.5 Å². The molecule has 0 saturated carbocycles. The number of benzene rings is 9. The number of hydrogen-bond donors (Lipinski definition) is 0. The molecule has 0 amide bonds. The van der Waals surface area contributed by atoms with Gasteiger partial charge in [-0.15, -0.1) is 0 Å². The highest BCUT2D eigenvalue weighted by atomic mass is 15.1. The minimum absolute atomic E-state index is 0.678. The Morgan fingerprint density at radius 2 is 0.909 bits per heavy atom. The van der Waals surface area contributed by atoms with Gasteiger partial charge in [0.05, 0.1) is 16.7 Å². The number of nitrogens with zero attached hydrogens (tertiary/aromatic N) is 3. The summed E-state index contributed by atoms with van der Waals surface area (Å²) in [5, 5.41) is 9.89. The molecule has 11 rings (SSSR count). The van der Waals surface area contributed by atoms with Crippen molar-refractivity contribution in [3.63, 3.8) is 0 Å². The monoisotopic (exact) mass is 699 g/mol. The van der Waals surface area contributed by atoms with Gasteiger partial charge in [-0.2, -0.15) is 0 Å². The van der Waals surface area contributed by atoms with Gasteiger partial charge in [-0.3, -0.25) is 4.57 Å². The van der Waals surface area contributed by atoms with Crippen molar-refractivity contribution in [2.24, 2.45) is 0 Å². The van der Waals surface area contributed by atoms with Crippen LogP contribution >= 0.6 is 0 Å². The first kappa shape index (κ1) is 31.2. The topological polar surface area (TPSA) is 30.7 Å². The molecule has 0 unspecified atom stereocenters. The number of para-hydroxylation sites is 2. The lowest BCUT2D eigenvalue weighted by Crippen LogP contribution is -2.03. The number of aromatic nitrogens is 3. The molecule has 0 fully saturated rings. The van der Waals surface area contributed by atoms with E-state index < -0.39 is 0 Å². The molecule has 55 heavy (non-hydrogen) atoms. The van der Waals surface area contributed by atoms with Crippen LogP contribution in [0.3, 0.4) is 0 Å². The fourth-order valence-corrected chi connectivity index (χ4v) is 8.48. The van der Waals surface area contributed by atoms with Crippen LogP contribution in [0.4, 0.5) is 0 Å². The molecular formula is C52H33N3. The zero-order chi connectivity index (χ0) is 36.3. The van der Waals surface area contributed by atoms with Crippen LogP contribution in [0.2, 0.25) is 0 Å². The molecule has 0 spiro atoms. The summed E-state index contributed by atoms with van der Waals surface area (Å²) in [6.45, 7) is 0. The molecule has 0 bridgehead atoms. The minimum Gasteiger partial charge on any atom is -0.294 e. The summed E-state index contributed by atoms with van der Waals surface area (Å²) in [5.74, 6) is 1.51. The Morgan fingerprint density at radius 3 is 1.65 bits per heavy atom. The molecule has 0 N–H and O–H groups in total. The Labute approximate surface area is 318 Å². The molecule has 0 atom stereocenters. The fraction of sp³-hybridized carbons (Fsp3) is 0. The van der Waals surface area contributed by atoms with E-state index in [1.165, 1.54) is 48.7 Å². The van der Waals surface area contributed by atoms with Crippen LogP contribution in [0.25, 0.3) is 105 Å². The lowest BCUT2D eigenvalue weighted by Gasteiger charge is -2.15. The van der Waals surface area contributed by atoms with Crippen molar-refractivity contribution in [2.45, 2.75) is 0 Å². The van der Waals surface area contributed by atoms with Gasteiger partial charge in [0, 0.05) is 28.0 Å². The summed E-state index contributed by atoms with van der Waals surface area (Å²) in [4.78, 5) is 10.7. The lowest BCUT2D eigenvalue weighted by molar-refractivity contribution is 1.05. The molecular weight excluding hydrogens is 667 g/mol. The Kier molecular flexibility index (Phi) is 7.17. The number of hydrogen-bond acceptors (Lipinski definition) is 2. The highest BCUT2D eigenvalue weighted by Crippen LogP contribution is 2.41. The maximum Gasteiger partial charge on any atom is 0.162 e. The Morgan fingerprint density at radius 1 is 0.327 bits per heavy atom. The smallest absolute Gasteiger partial charge is 0.162 e. The zero-order valence-electron chi connectivity index (χ0n) is 29.9. The standard InChI is InChI=1S/C52H33N3/c1-2-14-34(15-3-1)39-18-8-9-21-42(39)47-33-50(55-48-24-12-10-22-43(48)44-23-11-13-25-49(44)55)54-52(53-47)37-28-26-36(27-29-37)51-41-20-7-5-17-38(41)32-46-40-19-6-4-16-35(40)30-31-45(46)51/h1-33H. The third-order valence-electron chi connectivity index (χ3n) is 11.0. The summed E-state index contributed by atoms with van der Waals surface area (Å²) in [6.07, 6.45) is 0. The van der Waals surface area contributed by atoms with Crippen LogP contribution in [0.1, 0.15) is 0 Å². The molecule has 256 valence electrons. The van der Waals surface area contributed by atoms with Gasteiger partial charge in [-0.25, -0.2) is 9.97 Å². The van der Waals surface area contributed by atoms with Crippen LogP contribution in [0, 0.1) is 0 Å². The average Bonchev–Trinajstić information content (AvgIpc) is 3.60. The zero-order valence-corrected chi connectivity index (χ0v) is 29.9. The number of fused-ring (bicyclic) bond motifs is 7. The third kappa shape index (κ3) is 5.13. The predicted molar refractivity (Wildman–Crippen MR) is 231 cm³/mol. The lowest BCUT2D eigenvalue weighted by atomic mass is 9.89. The second-order valence-corrected chi connectivity index (χ2v) is 14.1. The van der Waals surface area contributed by atoms with E-state index in [9.17, 15) is 0 Å². The van der Waals surface area contributed by atoms with Crippen molar-refractivity contribution < 1.29 is 0 Å². The number of rotatable bonds is 5. The van der Waals surface area contributed by atoms with Crippen molar-refractivity contribution in [2.75, 3.05) is 0 Å². The predicted octanol–water partition coefficient (Wildman–Crippen LogP) is 13.7. The van der Waals surface area contributed by atoms with Gasteiger partial charge in [-0.05, 0) is 72.8 Å². The maximum atomic E-state index is 5.36.